The van der Waals surface area contributed by atoms with Crippen molar-refractivity contribution in [3.63, 3.8) is 0 Å². The van der Waals surface area contributed by atoms with Gasteiger partial charge < -0.3 is 0 Å². The minimum Gasteiger partial charge on any atom is -0.0654 e. The first-order valence-electron chi connectivity index (χ1n) is 17.8. The third kappa shape index (κ3) is 30.2. The lowest BCUT2D eigenvalue weighted by atomic mass is 9.89. The van der Waals surface area contributed by atoms with Crippen molar-refractivity contribution in [1.29, 1.82) is 0 Å². The van der Waals surface area contributed by atoms with Crippen molar-refractivity contribution < 1.29 is 0 Å². The van der Waals surface area contributed by atoms with Crippen molar-refractivity contribution in [2.75, 3.05) is 0 Å². The largest absolute Gasteiger partial charge is 0.0654 e. The van der Waals surface area contributed by atoms with Crippen LogP contribution in [0, 0.1) is 5.92 Å². The van der Waals surface area contributed by atoms with Gasteiger partial charge in [0.05, 0.1) is 0 Å². The molecule has 36 heavy (non-hydrogen) atoms. The minimum atomic E-state index is 1.04. The predicted octanol–water partition coefficient (Wildman–Crippen LogP) is 14.1. The molecule has 0 saturated carbocycles. The zero-order chi connectivity index (χ0) is 26.2. The summed E-state index contributed by atoms with van der Waals surface area (Å²) >= 11 is 0. The zero-order valence-electron chi connectivity index (χ0n) is 26.2. The molecule has 0 heterocycles. The van der Waals surface area contributed by atoms with E-state index in [2.05, 4.69) is 20.8 Å². The van der Waals surface area contributed by atoms with Gasteiger partial charge in [-0.2, -0.15) is 0 Å². The van der Waals surface area contributed by atoms with Crippen LogP contribution in [0.5, 0.6) is 0 Å². The third-order valence-corrected chi connectivity index (χ3v) is 8.65. The van der Waals surface area contributed by atoms with Gasteiger partial charge in [0.1, 0.15) is 0 Å². The van der Waals surface area contributed by atoms with E-state index in [1.165, 1.54) is 205 Å². The Labute approximate surface area is 232 Å². The molecule has 0 N–H and O–H groups in total. The molecule has 0 spiro atoms. The molecule has 0 radical (unpaired) electrons. The van der Waals surface area contributed by atoms with Crippen LogP contribution in [0.2, 0.25) is 0 Å². The maximum atomic E-state index is 2.33. The molecule has 1 unspecified atom stereocenters. The lowest BCUT2D eigenvalue weighted by molar-refractivity contribution is 0.365. The van der Waals surface area contributed by atoms with Crippen molar-refractivity contribution in [1.82, 2.24) is 0 Å². The van der Waals surface area contributed by atoms with E-state index in [1.54, 1.807) is 0 Å². The Morgan fingerprint density at radius 3 is 0.583 bits per heavy atom. The highest BCUT2D eigenvalue weighted by Crippen LogP contribution is 2.25. The molecule has 0 aliphatic carbocycles. The average molecular weight is 507 g/mol. The molecular formula is C36H74. The molecule has 0 bridgehead atoms. The molecule has 0 heteroatoms. The smallest absolute Gasteiger partial charge is 0.0414 e. The molecule has 0 amide bonds. The van der Waals surface area contributed by atoms with Crippen LogP contribution in [-0.4, -0.2) is 0 Å². The number of rotatable bonds is 32. The van der Waals surface area contributed by atoms with E-state index >= 15 is 0 Å². The summed E-state index contributed by atoms with van der Waals surface area (Å²) in [6.07, 6.45) is 47.3. The molecule has 0 nitrogen and oxygen atoms in total. The SMILES string of the molecule is CCCCCCCCCCCCCCCCCCC(CCCCCCCC)CCCCCCCCC. The normalized spacial score (nSPS) is 12.4. The quantitative estimate of drug-likeness (QED) is 0.0795. The number of unbranched alkanes of at least 4 members (excludes halogenated alkanes) is 26. The second-order valence-electron chi connectivity index (χ2n) is 12.4. The monoisotopic (exact) mass is 507 g/mol. The number of hydrogen-bond donors (Lipinski definition) is 0. The summed E-state index contributed by atoms with van der Waals surface area (Å²) in [5.74, 6) is 1.04. The fraction of sp³-hybridized carbons (Fsp3) is 1.00. The molecule has 0 aromatic carbocycles. The van der Waals surface area contributed by atoms with Crippen LogP contribution in [0.3, 0.4) is 0 Å². The van der Waals surface area contributed by atoms with Gasteiger partial charge in [-0.05, 0) is 5.92 Å². The predicted molar refractivity (Wildman–Crippen MR) is 168 cm³/mol. The Balaban J connectivity index is 3.66. The molecule has 0 fully saturated rings. The van der Waals surface area contributed by atoms with Crippen LogP contribution in [0.4, 0.5) is 0 Å². The summed E-state index contributed by atoms with van der Waals surface area (Å²) in [6.45, 7) is 6.97. The Hall–Kier alpha value is 0. The van der Waals surface area contributed by atoms with Gasteiger partial charge in [-0.1, -0.05) is 226 Å². The Kier molecular flexibility index (Phi) is 33.0. The average Bonchev–Trinajstić information content (AvgIpc) is 2.89. The van der Waals surface area contributed by atoms with Gasteiger partial charge in [0, 0.05) is 0 Å². The fourth-order valence-electron chi connectivity index (χ4n) is 6.02. The first kappa shape index (κ1) is 36.0. The summed E-state index contributed by atoms with van der Waals surface area (Å²) in [5, 5.41) is 0. The molecular weight excluding hydrogens is 432 g/mol. The molecule has 1 atom stereocenters. The van der Waals surface area contributed by atoms with Gasteiger partial charge in [0.2, 0.25) is 0 Å². The molecule has 0 aromatic rings. The Morgan fingerprint density at radius 2 is 0.389 bits per heavy atom. The Bertz CT molecular complexity index is 359. The van der Waals surface area contributed by atoms with Gasteiger partial charge >= 0.3 is 0 Å². The maximum absolute atomic E-state index is 2.33. The van der Waals surface area contributed by atoms with Crippen LogP contribution in [0.1, 0.15) is 226 Å². The van der Waals surface area contributed by atoms with E-state index in [0.29, 0.717) is 0 Å². The summed E-state index contributed by atoms with van der Waals surface area (Å²) < 4.78 is 0. The van der Waals surface area contributed by atoms with Crippen LogP contribution >= 0.6 is 0 Å². The highest BCUT2D eigenvalue weighted by atomic mass is 14.1. The summed E-state index contributed by atoms with van der Waals surface area (Å²) in [5.41, 5.74) is 0. The van der Waals surface area contributed by atoms with E-state index in [-0.39, 0.29) is 0 Å². The van der Waals surface area contributed by atoms with Crippen LogP contribution in [0.25, 0.3) is 0 Å². The van der Waals surface area contributed by atoms with E-state index in [0.717, 1.165) is 5.92 Å². The van der Waals surface area contributed by atoms with E-state index in [9.17, 15) is 0 Å². The maximum Gasteiger partial charge on any atom is -0.0414 e. The van der Waals surface area contributed by atoms with Crippen LogP contribution in [0.15, 0.2) is 0 Å². The molecule has 0 saturated heterocycles. The fourth-order valence-corrected chi connectivity index (χ4v) is 6.02. The summed E-state index contributed by atoms with van der Waals surface area (Å²) in [4.78, 5) is 0. The lowest BCUT2D eigenvalue weighted by Gasteiger charge is -2.17. The second-order valence-corrected chi connectivity index (χ2v) is 12.4. The highest BCUT2D eigenvalue weighted by Gasteiger charge is 2.09. The van der Waals surface area contributed by atoms with Gasteiger partial charge in [0.15, 0.2) is 0 Å². The number of hydrogen-bond acceptors (Lipinski definition) is 0. The van der Waals surface area contributed by atoms with Crippen LogP contribution in [-0.2, 0) is 0 Å². The van der Waals surface area contributed by atoms with E-state index in [1.807, 2.05) is 0 Å². The lowest BCUT2D eigenvalue weighted by Crippen LogP contribution is -2.01. The Morgan fingerprint density at radius 1 is 0.222 bits per heavy atom. The van der Waals surface area contributed by atoms with Crippen LogP contribution < -0.4 is 0 Å². The van der Waals surface area contributed by atoms with Gasteiger partial charge in [-0.15, -0.1) is 0 Å². The molecule has 0 aliphatic heterocycles. The van der Waals surface area contributed by atoms with Crippen molar-refractivity contribution in [3.8, 4) is 0 Å². The minimum absolute atomic E-state index is 1.04. The molecule has 218 valence electrons. The first-order valence-corrected chi connectivity index (χ1v) is 17.8. The van der Waals surface area contributed by atoms with Gasteiger partial charge in [-0.25, -0.2) is 0 Å². The zero-order valence-corrected chi connectivity index (χ0v) is 26.2. The first-order chi connectivity index (χ1) is 17.8. The van der Waals surface area contributed by atoms with Crippen molar-refractivity contribution >= 4 is 0 Å². The van der Waals surface area contributed by atoms with Gasteiger partial charge in [0.25, 0.3) is 0 Å². The third-order valence-electron chi connectivity index (χ3n) is 8.65. The van der Waals surface area contributed by atoms with E-state index < -0.39 is 0 Å². The molecule has 0 aliphatic rings. The molecule has 0 aromatic heterocycles. The molecule has 0 rings (SSSR count). The summed E-state index contributed by atoms with van der Waals surface area (Å²) in [7, 11) is 0. The van der Waals surface area contributed by atoms with E-state index in [4.69, 9.17) is 0 Å². The van der Waals surface area contributed by atoms with Crippen molar-refractivity contribution in [3.05, 3.63) is 0 Å². The summed E-state index contributed by atoms with van der Waals surface area (Å²) in [6, 6.07) is 0. The van der Waals surface area contributed by atoms with Crippen molar-refractivity contribution in [2.24, 2.45) is 5.92 Å². The van der Waals surface area contributed by atoms with Crippen molar-refractivity contribution in [2.45, 2.75) is 226 Å². The second kappa shape index (κ2) is 33.0. The topological polar surface area (TPSA) is 0 Å². The standard InChI is InChI=1S/C36H74/c1-4-7-10-13-16-17-18-19-20-21-22-23-24-26-29-32-35-36(33-30-27-15-12-9-6-3)34-31-28-25-14-11-8-5-2/h36H,4-35H2,1-3H3. The van der Waals surface area contributed by atoms with Gasteiger partial charge in [-0.3, -0.25) is 0 Å². The highest BCUT2D eigenvalue weighted by molar-refractivity contribution is 4.62.